The molecule has 0 aliphatic rings. The highest BCUT2D eigenvalue weighted by Crippen LogP contribution is 2.25. The van der Waals surface area contributed by atoms with E-state index in [9.17, 15) is 4.79 Å². The fourth-order valence-electron chi connectivity index (χ4n) is 2.46. The third kappa shape index (κ3) is 3.72. The third-order valence-corrected chi connectivity index (χ3v) is 4.21. The molecule has 0 saturated carbocycles. The van der Waals surface area contributed by atoms with Gasteiger partial charge in [0, 0.05) is 22.5 Å². The van der Waals surface area contributed by atoms with Crippen molar-refractivity contribution in [1.29, 1.82) is 0 Å². The Kier molecular flexibility index (Phi) is 5.08. The number of rotatable bonds is 3. The topological polar surface area (TPSA) is 41.1 Å². The summed E-state index contributed by atoms with van der Waals surface area (Å²) in [5, 5.41) is 8.30. The molecule has 3 aromatic rings. The van der Waals surface area contributed by atoms with Crippen LogP contribution in [0.2, 0.25) is 5.02 Å². The molecule has 3 nitrogen and oxygen atoms in total. The zero-order chi connectivity index (χ0) is 16.9. The lowest BCUT2D eigenvalue weighted by atomic mass is 10.0. The monoisotopic (exact) mass is 354 g/mol. The summed E-state index contributed by atoms with van der Waals surface area (Å²) in [6.07, 6.45) is 0. The molecular formula is C19H15ClN2OS. The van der Waals surface area contributed by atoms with Gasteiger partial charge in [-0.05, 0) is 35.3 Å². The number of hydrogen-bond acceptors (Lipinski definition) is 2. The van der Waals surface area contributed by atoms with Crippen molar-refractivity contribution in [3.05, 3.63) is 82.9 Å². The van der Waals surface area contributed by atoms with E-state index >= 15 is 0 Å². The van der Waals surface area contributed by atoms with Crippen LogP contribution in [-0.4, -0.2) is 11.0 Å². The van der Waals surface area contributed by atoms with Crippen LogP contribution in [0.4, 0.5) is 0 Å². The first kappa shape index (κ1) is 16.4. The minimum Gasteiger partial charge on any atom is -0.358 e. The van der Waals surface area contributed by atoms with Crippen LogP contribution in [0, 0.1) is 0 Å². The Labute approximate surface area is 150 Å². The maximum absolute atomic E-state index is 12.5. The SMILES string of the molecule is O=C(NC(=S)NCc1ccccc1)c1cccc2c(Cl)cccc12. The van der Waals surface area contributed by atoms with Crippen LogP contribution in [0.1, 0.15) is 15.9 Å². The Morgan fingerprint density at radius 1 is 0.917 bits per heavy atom. The Morgan fingerprint density at radius 2 is 1.62 bits per heavy atom. The zero-order valence-electron chi connectivity index (χ0n) is 12.8. The molecule has 2 N–H and O–H groups in total. The first-order valence-electron chi connectivity index (χ1n) is 7.45. The van der Waals surface area contributed by atoms with Crippen molar-refractivity contribution in [2.75, 3.05) is 0 Å². The van der Waals surface area contributed by atoms with Crippen LogP contribution in [-0.2, 0) is 6.54 Å². The molecule has 3 aromatic carbocycles. The molecule has 0 radical (unpaired) electrons. The van der Waals surface area contributed by atoms with Gasteiger partial charge in [0.25, 0.3) is 5.91 Å². The molecule has 0 unspecified atom stereocenters. The number of amides is 1. The predicted molar refractivity (Wildman–Crippen MR) is 102 cm³/mol. The minimum atomic E-state index is -0.256. The normalized spacial score (nSPS) is 10.4. The van der Waals surface area contributed by atoms with E-state index in [4.69, 9.17) is 23.8 Å². The second kappa shape index (κ2) is 7.43. The van der Waals surface area contributed by atoms with Crippen molar-refractivity contribution in [2.24, 2.45) is 0 Å². The molecule has 0 aliphatic carbocycles. The summed E-state index contributed by atoms with van der Waals surface area (Å²) >= 11 is 11.4. The Balaban J connectivity index is 1.71. The van der Waals surface area contributed by atoms with Crippen molar-refractivity contribution < 1.29 is 4.79 Å². The second-order valence-corrected chi connectivity index (χ2v) is 6.08. The Bertz CT molecular complexity index is 896. The van der Waals surface area contributed by atoms with Crippen LogP contribution in [0.3, 0.4) is 0 Å². The summed E-state index contributed by atoms with van der Waals surface area (Å²) in [4.78, 5) is 12.5. The first-order valence-corrected chi connectivity index (χ1v) is 8.24. The van der Waals surface area contributed by atoms with Crippen molar-refractivity contribution in [3.8, 4) is 0 Å². The quantitative estimate of drug-likeness (QED) is 0.689. The predicted octanol–water partition coefficient (Wildman–Crippen LogP) is 4.30. The molecule has 0 aromatic heterocycles. The highest BCUT2D eigenvalue weighted by molar-refractivity contribution is 7.80. The van der Waals surface area contributed by atoms with Gasteiger partial charge in [0.1, 0.15) is 0 Å². The Hall–Kier alpha value is -2.43. The second-order valence-electron chi connectivity index (χ2n) is 5.26. The average molecular weight is 355 g/mol. The molecule has 0 heterocycles. The van der Waals surface area contributed by atoms with Crippen molar-refractivity contribution in [3.63, 3.8) is 0 Å². The average Bonchev–Trinajstić information content (AvgIpc) is 2.61. The van der Waals surface area contributed by atoms with Gasteiger partial charge in [-0.25, -0.2) is 0 Å². The van der Waals surface area contributed by atoms with E-state index < -0.39 is 0 Å². The van der Waals surface area contributed by atoms with Gasteiger partial charge >= 0.3 is 0 Å². The maximum atomic E-state index is 12.5. The molecule has 0 saturated heterocycles. The molecule has 5 heteroatoms. The van der Waals surface area contributed by atoms with Crippen LogP contribution in [0.25, 0.3) is 10.8 Å². The summed E-state index contributed by atoms with van der Waals surface area (Å²) < 4.78 is 0. The summed E-state index contributed by atoms with van der Waals surface area (Å²) in [5.74, 6) is -0.256. The largest absolute Gasteiger partial charge is 0.358 e. The van der Waals surface area contributed by atoms with Gasteiger partial charge in [-0.3, -0.25) is 10.1 Å². The van der Waals surface area contributed by atoms with E-state index in [1.54, 1.807) is 12.1 Å². The summed E-state index contributed by atoms with van der Waals surface area (Å²) in [6, 6.07) is 20.8. The first-order chi connectivity index (χ1) is 11.6. The maximum Gasteiger partial charge on any atom is 0.258 e. The van der Waals surface area contributed by atoms with Crippen LogP contribution in [0.15, 0.2) is 66.7 Å². The van der Waals surface area contributed by atoms with E-state index in [2.05, 4.69) is 10.6 Å². The third-order valence-electron chi connectivity index (χ3n) is 3.64. The highest BCUT2D eigenvalue weighted by atomic mass is 35.5. The van der Waals surface area contributed by atoms with Crippen molar-refractivity contribution in [2.45, 2.75) is 6.54 Å². The van der Waals surface area contributed by atoms with Crippen molar-refractivity contribution in [1.82, 2.24) is 10.6 Å². The number of nitrogens with one attached hydrogen (secondary N) is 2. The fraction of sp³-hybridized carbons (Fsp3) is 0.0526. The van der Waals surface area contributed by atoms with E-state index in [1.165, 1.54) is 0 Å². The lowest BCUT2D eigenvalue weighted by Crippen LogP contribution is -2.38. The number of thiocarbonyl (C=S) groups is 1. The summed E-state index contributed by atoms with van der Waals surface area (Å²) in [7, 11) is 0. The van der Waals surface area contributed by atoms with Gasteiger partial charge in [0.15, 0.2) is 5.11 Å². The molecule has 1 amide bonds. The molecule has 0 spiro atoms. The van der Waals surface area contributed by atoms with E-state index in [-0.39, 0.29) is 5.91 Å². The van der Waals surface area contributed by atoms with Gasteiger partial charge in [-0.1, -0.05) is 66.2 Å². The van der Waals surface area contributed by atoms with Gasteiger partial charge in [-0.15, -0.1) is 0 Å². The van der Waals surface area contributed by atoms with Crippen LogP contribution < -0.4 is 10.6 Å². The number of halogens is 1. The molecule has 0 bridgehead atoms. The number of carbonyl (C=O) groups excluding carboxylic acids is 1. The standard InChI is InChI=1S/C19H15ClN2OS/c20-17-11-5-8-14-15(17)9-4-10-16(14)18(23)22-19(24)21-12-13-6-2-1-3-7-13/h1-11H,12H2,(H2,21,22,23,24). The highest BCUT2D eigenvalue weighted by Gasteiger charge is 2.12. The van der Waals surface area contributed by atoms with E-state index in [0.717, 1.165) is 16.3 Å². The summed E-state index contributed by atoms with van der Waals surface area (Å²) in [5.41, 5.74) is 1.63. The number of benzene rings is 3. The van der Waals surface area contributed by atoms with E-state index in [0.29, 0.717) is 22.2 Å². The van der Waals surface area contributed by atoms with Gasteiger partial charge in [0.05, 0.1) is 0 Å². The molecule has 3 rings (SSSR count). The smallest absolute Gasteiger partial charge is 0.258 e. The molecule has 24 heavy (non-hydrogen) atoms. The molecule has 0 aliphatic heterocycles. The zero-order valence-corrected chi connectivity index (χ0v) is 14.3. The lowest BCUT2D eigenvalue weighted by Gasteiger charge is -2.11. The van der Waals surface area contributed by atoms with Crippen molar-refractivity contribution >= 4 is 45.6 Å². The number of hydrogen-bond donors (Lipinski definition) is 2. The Morgan fingerprint density at radius 3 is 2.42 bits per heavy atom. The van der Waals surface area contributed by atoms with E-state index in [1.807, 2.05) is 54.6 Å². The molecular weight excluding hydrogens is 340 g/mol. The molecule has 120 valence electrons. The van der Waals surface area contributed by atoms with Gasteiger partial charge < -0.3 is 5.32 Å². The molecule has 0 atom stereocenters. The van der Waals surface area contributed by atoms with Gasteiger partial charge in [-0.2, -0.15) is 0 Å². The van der Waals surface area contributed by atoms with Crippen LogP contribution >= 0.6 is 23.8 Å². The minimum absolute atomic E-state index is 0.256. The number of fused-ring (bicyclic) bond motifs is 1. The fourth-order valence-corrected chi connectivity index (χ4v) is 2.86. The molecule has 0 fully saturated rings. The number of carbonyl (C=O) groups is 1. The summed E-state index contributed by atoms with van der Waals surface area (Å²) in [6.45, 7) is 0.557. The van der Waals surface area contributed by atoms with Gasteiger partial charge in [0.2, 0.25) is 0 Å². The van der Waals surface area contributed by atoms with Crippen LogP contribution in [0.5, 0.6) is 0 Å². The lowest BCUT2D eigenvalue weighted by molar-refractivity contribution is 0.0978.